The van der Waals surface area contributed by atoms with Crippen molar-refractivity contribution in [3.8, 4) is 103 Å². The van der Waals surface area contributed by atoms with Crippen LogP contribution in [0.2, 0.25) is 0 Å². The van der Waals surface area contributed by atoms with Crippen molar-refractivity contribution >= 4 is 0 Å². The molecule has 0 bridgehead atoms. The predicted octanol–water partition coefficient (Wildman–Crippen LogP) is 7.14. The van der Waals surface area contributed by atoms with Crippen molar-refractivity contribution < 1.29 is 51.1 Å². The number of nitrogens with zero attached hydrogens (tertiary/aromatic N) is 18. The van der Waals surface area contributed by atoms with Gasteiger partial charge in [0.25, 0.3) is 12.2 Å². The monoisotopic (exact) mass is 1230 g/mol. The number of hydrogen-bond donors (Lipinski definition) is 0. The molecule has 2 atom stereocenters. The van der Waals surface area contributed by atoms with Gasteiger partial charge >= 0.3 is 0 Å². The SMILES string of the molecule is COc1ccc2c(c1)-c1nn(CC[n+]3cn4c(c3-c3noc(C5CCOC5)n3)Cc3cn(C[n+]5cn6c(c5-c5noc(C7CCOC7)n5)Cc5cn(C)nc5-c5cc(OC)ccc5-6)nc3-c3cc(OC)ccc3-4)cc1Cc1c(-c3noc(C(C)(C)OC)n3)ncn1-2. The summed E-state index contributed by atoms with van der Waals surface area (Å²) in [5.41, 5.74) is 15.1. The summed E-state index contributed by atoms with van der Waals surface area (Å²) < 4.78 is 69.5. The summed E-state index contributed by atoms with van der Waals surface area (Å²) in [4.78, 5) is 19.9. The molecule has 0 saturated carbocycles. The molecule has 14 heterocycles. The van der Waals surface area contributed by atoms with Crippen molar-refractivity contribution in [2.75, 3.05) is 54.9 Å². The second-order valence-electron chi connectivity index (χ2n) is 24.1. The fourth-order valence-electron chi connectivity index (χ4n) is 13.4. The number of methoxy groups -OCH3 is 4. The number of aromatic nitrogens is 18. The Morgan fingerprint density at radius 2 is 1.08 bits per heavy atom. The van der Waals surface area contributed by atoms with Crippen LogP contribution in [0.25, 0.3) is 85.4 Å². The van der Waals surface area contributed by atoms with Gasteiger partial charge in [0, 0.05) is 87.5 Å². The van der Waals surface area contributed by atoms with Crippen LogP contribution in [-0.2, 0) is 65.9 Å². The zero-order chi connectivity index (χ0) is 61.4. The third kappa shape index (κ3) is 9.02. The highest BCUT2D eigenvalue weighted by Gasteiger charge is 2.40. The Bertz CT molecular complexity index is 4840. The van der Waals surface area contributed by atoms with Gasteiger partial charge in [0.1, 0.15) is 64.2 Å². The zero-order valence-corrected chi connectivity index (χ0v) is 51.0. The van der Waals surface area contributed by atoms with Crippen LogP contribution in [-0.4, -0.2) is 133 Å². The molecule has 5 aliphatic rings. The minimum Gasteiger partial charge on any atom is -0.497 e. The summed E-state index contributed by atoms with van der Waals surface area (Å²) in [5.74, 6) is 4.85. The minimum absolute atomic E-state index is 0.00519. The van der Waals surface area contributed by atoms with Gasteiger partial charge < -0.3 is 46.6 Å². The molecular formula is C64H62N18O9+2. The molecule has 12 aromatic rings. The molecule has 3 aromatic carbocycles. The van der Waals surface area contributed by atoms with Gasteiger partial charge in [0.05, 0.1) is 81.1 Å². The quantitative estimate of drug-likeness (QED) is 0.0923. The second kappa shape index (κ2) is 21.1. The molecule has 0 N–H and O–H groups in total. The van der Waals surface area contributed by atoms with Gasteiger partial charge in [0.15, 0.2) is 18.1 Å². The van der Waals surface area contributed by atoms with E-state index in [0.29, 0.717) is 111 Å². The summed E-state index contributed by atoms with van der Waals surface area (Å²) >= 11 is 0. The number of hydrogen-bond acceptors (Lipinski definition) is 19. The Morgan fingerprint density at radius 3 is 1.65 bits per heavy atom. The Labute approximate surface area is 518 Å². The topological polar surface area (TPSA) is 261 Å². The van der Waals surface area contributed by atoms with Crippen molar-refractivity contribution in [2.24, 2.45) is 7.05 Å². The van der Waals surface area contributed by atoms with Crippen LogP contribution in [0.4, 0.5) is 0 Å². The molecule has 2 fully saturated rings. The Hall–Kier alpha value is -10.4. The molecule has 0 spiro atoms. The second-order valence-corrected chi connectivity index (χ2v) is 24.1. The van der Waals surface area contributed by atoms with E-state index in [2.05, 4.69) is 77.4 Å². The first kappa shape index (κ1) is 54.7. The van der Waals surface area contributed by atoms with Gasteiger partial charge in [-0.1, -0.05) is 15.5 Å². The molecule has 0 aliphatic carbocycles. The normalized spacial score (nSPS) is 16.2. The first-order chi connectivity index (χ1) is 44.5. The van der Waals surface area contributed by atoms with Crippen LogP contribution in [0.5, 0.6) is 17.2 Å². The van der Waals surface area contributed by atoms with Crippen molar-refractivity contribution in [1.82, 2.24) is 78.4 Å². The third-order valence-electron chi connectivity index (χ3n) is 18.3. The summed E-state index contributed by atoms with van der Waals surface area (Å²) in [6, 6.07) is 18.2. The van der Waals surface area contributed by atoms with Crippen molar-refractivity contribution in [2.45, 2.75) is 83.1 Å². The maximum Gasteiger partial charge on any atom is 0.258 e. The zero-order valence-electron chi connectivity index (χ0n) is 51.0. The average molecular weight is 1230 g/mol. The molecule has 5 aliphatic heterocycles. The lowest BCUT2D eigenvalue weighted by Gasteiger charge is -2.16. The molecule has 2 unspecified atom stereocenters. The largest absolute Gasteiger partial charge is 0.497 e. The molecule has 2 saturated heterocycles. The average Bonchev–Trinajstić information content (AvgIpc) is 1.61. The molecule has 27 nitrogen and oxygen atoms in total. The molecule has 91 heavy (non-hydrogen) atoms. The molecule has 460 valence electrons. The van der Waals surface area contributed by atoms with Crippen LogP contribution in [0.1, 0.15) is 90.0 Å². The van der Waals surface area contributed by atoms with Gasteiger partial charge in [0.2, 0.25) is 47.0 Å². The maximum atomic E-state index is 6.14. The molecule has 9 aromatic heterocycles. The van der Waals surface area contributed by atoms with E-state index in [9.17, 15) is 0 Å². The van der Waals surface area contributed by atoms with Gasteiger partial charge in [-0.25, -0.2) is 18.8 Å². The molecule has 27 heteroatoms. The van der Waals surface area contributed by atoms with E-state index in [1.54, 1.807) is 34.8 Å². The molecule has 17 rings (SSSR count). The van der Waals surface area contributed by atoms with E-state index in [-0.39, 0.29) is 18.5 Å². The van der Waals surface area contributed by atoms with Crippen LogP contribution >= 0.6 is 0 Å². The van der Waals surface area contributed by atoms with E-state index < -0.39 is 5.60 Å². The van der Waals surface area contributed by atoms with Gasteiger partial charge in [-0.15, -0.1) is 0 Å². The highest BCUT2D eigenvalue weighted by molar-refractivity contribution is 5.80. The predicted molar refractivity (Wildman–Crippen MR) is 320 cm³/mol. The smallest absolute Gasteiger partial charge is 0.258 e. The number of aryl methyl sites for hydroxylation is 3. The Balaban J connectivity index is 0.765. The van der Waals surface area contributed by atoms with Crippen LogP contribution < -0.4 is 23.3 Å². The van der Waals surface area contributed by atoms with E-state index in [1.807, 2.05) is 71.3 Å². The van der Waals surface area contributed by atoms with Crippen molar-refractivity contribution in [1.29, 1.82) is 0 Å². The first-order valence-electron chi connectivity index (χ1n) is 30.3. The molecule has 0 amide bonds. The van der Waals surface area contributed by atoms with Gasteiger partial charge in [-0.05, 0) is 81.3 Å². The molecular weight excluding hydrogens is 1160 g/mol. The van der Waals surface area contributed by atoms with E-state index in [4.69, 9.17) is 87.5 Å². The number of ether oxygens (including phenoxy) is 6. The number of imidazole rings is 3. The summed E-state index contributed by atoms with van der Waals surface area (Å²) in [7, 11) is 8.59. The maximum absolute atomic E-state index is 6.14. The fraction of sp³-hybridized carbons (Fsp3) is 0.344. The fourth-order valence-corrected chi connectivity index (χ4v) is 13.4. The third-order valence-corrected chi connectivity index (χ3v) is 18.3. The number of rotatable bonds is 15. The summed E-state index contributed by atoms with van der Waals surface area (Å²) in [5, 5.41) is 29.6. The standard InChI is InChI=1S/C64H62N18O9/c1-64(2,86-7)63-68-58(72-91-63)55-49-20-38-27-78(70-53(38)43-23-40(83-4)8-11-46(43)80(49)31-65-55)17-16-76-33-81-48-13-10-42(85-6)25-45(48)54-39(22-50(81)56(76)59-66-61(89-73-59)35-14-18-87-29-35)28-79(71-54)32-77-34-82-47-12-9-41(84-5)24-44(47)52-37(26-75(3)69-52)21-51(82)57(77)60-67-62(90-74-60)36-15-19-88-30-36/h8-13,23-28,31,33-36H,14-22,29-30,32H2,1-7H3/q+2. The van der Waals surface area contributed by atoms with E-state index >= 15 is 0 Å². The van der Waals surface area contributed by atoms with Gasteiger partial charge in [-0.3, -0.25) is 9.36 Å². The number of fused-ring (bicyclic) bond motifs is 15. The Kier molecular flexibility index (Phi) is 12.7. The van der Waals surface area contributed by atoms with Crippen LogP contribution in [0.3, 0.4) is 0 Å². The summed E-state index contributed by atoms with van der Waals surface area (Å²) in [6.07, 6.45) is 15.4. The van der Waals surface area contributed by atoms with E-state index in [0.717, 1.165) is 115 Å². The minimum atomic E-state index is -0.795. The van der Waals surface area contributed by atoms with Crippen molar-refractivity contribution in [3.05, 3.63) is 144 Å². The highest BCUT2D eigenvalue weighted by atomic mass is 16.5. The molecule has 0 radical (unpaired) electrons. The summed E-state index contributed by atoms with van der Waals surface area (Å²) in [6.45, 7) is 7.29. The van der Waals surface area contributed by atoms with Gasteiger partial charge in [-0.2, -0.15) is 39.4 Å². The van der Waals surface area contributed by atoms with Crippen molar-refractivity contribution in [3.63, 3.8) is 0 Å². The lowest BCUT2D eigenvalue weighted by molar-refractivity contribution is -0.691. The van der Waals surface area contributed by atoms with Crippen LogP contribution in [0.15, 0.2) is 106 Å². The Morgan fingerprint density at radius 1 is 0.560 bits per heavy atom. The highest BCUT2D eigenvalue weighted by Crippen LogP contribution is 2.43. The lowest BCUT2D eigenvalue weighted by Crippen LogP contribution is -2.38. The number of benzene rings is 3. The van der Waals surface area contributed by atoms with Crippen LogP contribution in [0, 0.1) is 0 Å². The lowest BCUT2D eigenvalue weighted by atomic mass is 10.0. The van der Waals surface area contributed by atoms with E-state index in [1.165, 1.54) is 0 Å². The first-order valence-corrected chi connectivity index (χ1v) is 30.3.